The standard InChI is InChI=1S/C17H15ClN4O/c1-11-6-7-15(12(2)8-11)16(23)10-22-20-17(19-21-22)13-4-3-5-14(18)9-13/h3-9H,10H2,1-2H3. The molecule has 0 N–H and O–H groups in total. The Bertz CT molecular complexity index is 873. The van der Waals surface area contributed by atoms with Crippen LogP contribution in [0.4, 0.5) is 0 Å². The smallest absolute Gasteiger partial charge is 0.204 e. The fourth-order valence-electron chi connectivity index (χ4n) is 2.39. The van der Waals surface area contributed by atoms with Crippen LogP contribution in [-0.2, 0) is 6.54 Å². The molecule has 0 radical (unpaired) electrons. The summed E-state index contributed by atoms with van der Waals surface area (Å²) in [7, 11) is 0. The van der Waals surface area contributed by atoms with Gasteiger partial charge < -0.3 is 0 Å². The van der Waals surface area contributed by atoms with Crippen LogP contribution in [0.25, 0.3) is 11.4 Å². The Morgan fingerprint density at radius 1 is 1.17 bits per heavy atom. The SMILES string of the molecule is Cc1ccc(C(=O)Cn2nnc(-c3cccc(Cl)c3)n2)c(C)c1. The van der Waals surface area contributed by atoms with Crippen molar-refractivity contribution in [3.05, 3.63) is 64.2 Å². The molecule has 0 spiro atoms. The van der Waals surface area contributed by atoms with Gasteiger partial charge in [0.15, 0.2) is 5.78 Å². The Hall–Kier alpha value is -2.53. The minimum absolute atomic E-state index is 0.0439. The predicted octanol–water partition coefficient (Wildman–Crippen LogP) is 3.49. The van der Waals surface area contributed by atoms with Crippen molar-refractivity contribution in [3.8, 4) is 11.4 Å². The van der Waals surface area contributed by atoms with Crippen LogP contribution in [0.2, 0.25) is 5.02 Å². The van der Waals surface area contributed by atoms with Gasteiger partial charge in [-0.05, 0) is 36.8 Å². The van der Waals surface area contributed by atoms with Gasteiger partial charge >= 0.3 is 0 Å². The Labute approximate surface area is 138 Å². The second-order valence-electron chi connectivity index (χ2n) is 5.40. The number of rotatable bonds is 4. The van der Waals surface area contributed by atoms with Gasteiger partial charge in [0.25, 0.3) is 0 Å². The molecule has 2 aromatic carbocycles. The van der Waals surface area contributed by atoms with Gasteiger partial charge in [0.05, 0.1) is 0 Å². The van der Waals surface area contributed by atoms with Crippen molar-refractivity contribution in [2.24, 2.45) is 0 Å². The maximum Gasteiger partial charge on any atom is 0.204 e. The van der Waals surface area contributed by atoms with Crippen LogP contribution < -0.4 is 0 Å². The maximum absolute atomic E-state index is 12.4. The number of carbonyl (C=O) groups excluding carboxylic acids is 1. The first-order chi connectivity index (χ1) is 11.0. The lowest BCUT2D eigenvalue weighted by Gasteiger charge is -2.05. The highest BCUT2D eigenvalue weighted by Gasteiger charge is 2.13. The lowest BCUT2D eigenvalue weighted by atomic mass is 10.0. The minimum atomic E-state index is -0.0439. The topological polar surface area (TPSA) is 60.7 Å². The number of hydrogen-bond acceptors (Lipinski definition) is 4. The summed E-state index contributed by atoms with van der Waals surface area (Å²) < 4.78 is 0. The molecular formula is C17H15ClN4O. The highest BCUT2D eigenvalue weighted by molar-refractivity contribution is 6.30. The Morgan fingerprint density at radius 2 is 2.00 bits per heavy atom. The van der Waals surface area contributed by atoms with Crippen LogP contribution in [0.15, 0.2) is 42.5 Å². The Balaban J connectivity index is 1.80. The average Bonchev–Trinajstić information content (AvgIpc) is 2.95. The van der Waals surface area contributed by atoms with E-state index in [4.69, 9.17) is 11.6 Å². The summed E-state index contributed by atoms with van der Waals surface area (Å²) in [6.07, 6.45) is 0. The molecule has 0 aliphatic rings. The third-order valence-corrected chi connectivity index (χ3v) is 3.74. The Morgan fingerprint density at radius 3 is 2.74 bits per heavy atom. The molecule has 0 fully saturated rings. The van der Waals surface area contributed by atoms with Gasteiger partial charge in [0, 0.05) is 16.1 Å². The van der Waals surface area contributed by atoms with Gasteiger partial charge in [-0.15, -0.1) is 10.2 Å². The molecule has 0 aliphatic carbocycles. The lowest BCUT2D eigenvalue weighted by molar-refractivity contribution is 0.0961. The van der Waals surface area contributed by atoms with E-state index in [-0.39, 0.29) is 12.3 Å². The molecule has 0 saturated heterocycles. The number of Topliss-reactive ketones (excluding diaryl/α,β-unsaturated/α-hetero) is 1. The lowest BCUT2D eigenvalue weighted by Crippen LogP contribution is -2.14. The van der Waals surface area contributed by atoms with Crippen LogP contribution >= 0.6 is 11.6 Å². The first-order valence-electron chi connectivity index (χ1n) is 7.17. The summed E-state index contributed by atoms with van der Waals surface area (Å²) >= 11 is 5.96. The summed E-state index contributed by atoms with van der Waals surface area (Å²) in [6, 6.07) is 12.9. The van der Waals surface area contributed by atoms with Gasteiger partial charge in [-0.1, -0.05) is 47.5 Å². The van der Waals surface area contributed by atoms with E-state index in [9.17, 15) is 4.79 Å². The number of halogens is 1. The highest BCUT2D eigenvalue weighted by atomic mass is 35.5. The maximum atomic E-state index is 12.4. The molecule has 3 aromatic rings. The fourth-order valence-corrected chi connectivity index (χ4v) is 2.58. The monoisotopic (exact) mass is 326 g/mol. The molecule has 0 aliphatic heterocycles. The van der Waals surface area contributed by atoms with Gasteiger partial charge in [0.1, 0.15) is 6.54 Å². The van der Waals surface area contributed by atoms with E-state index in [1.54, 1.807) is 12.1 Å². The molecule has 116 valence electrons. The molecule has 1 aromatic heterocycles. The number of tetrazole rings is 1. The second-order valence-corrected chi connectivity index (χ2v) is 5.83. The van der Waals surface area contributed by atoms with E-state index < -0.39 is 0 Å². The van der Waals surface area contributed by atoms with E-state index in [1.165, 1.54) is 4.80 Å². The zero-order valence-electron chi connectivity index (χ0n) is 12.8. The van der Waals surface area contributed by atoms with E-state index in [1.807, 2.05) is 44.2 Å². The molecular weight excluding hydrogens is 312 g/mol. The zero-order chi connectivity index (χ0) is 16.4. The molecule has 0 amide bonds. The number of ketones is 1. The highest BCUT2D eigenvalue weighted by Crippen LogP contribution is 2.18. The van der Waals surface area contributed by atoms with Crippen LogP contribution in [0.5, 0.6) is 0 Å². The van der Waals surface area contributed by atoms with Crippen LogP contribution in [0.1, 0.15) is 21.5 Å². The van der Waals surface area contributed by atoms with E-state index in [0.717, 1.165) is 16.7 Å². The zero-order valence-corrected chi connectivity index (χ0v) is 13.6. The van der Waals surface area contributed by atoms with Crippen molar-refractivity contribution in [1.82, 2.24) is 20.2 Å². The van der Waals surface area contributed by atoms with E-state index in [2.05, 4.69) is 15.4 Å². The van der Waals surface area contributed by atoms with Crippen molar-refractivity contribution in [2.75, 3.05) is 0 Å². The van der Waals surface area contributed by atoms with Gasteiger partial charge in [-0.2, -0.15) is 4.80 Å². The first-order valence-corrected chi connectivity index (χ1v) is 7.55. The molecule has 0 bridgehead atoms. The van der Waals surface area contributed by atoms with Gasteiger partial charge in [-0.25, -0.2) is 0 Å². The van der Waals surface area contributed by atoms with Crippen molar-refractivity contribution < 1.29 is 4.79 Å². The summed E-state index contributed by atoms with van der Waals surface area (Å²) in [4.78, 5) is 13.7. The third-order valence-electron chi connectivity index (χ3n) is 3.50. The van der Waals surface area contributed by atoms with Gasteiger partial charge in [-0.3, -0.25) is 4.79 Å². The summed E-state index contributed by atoms with van der Waals surface area (Å²) in [5.74, 6) is 0.401. The van der Waals surface area contributed by atoms with Crippen LogP contribution in [-0.4, -0.2) is 26.0 Å². The Kier molecular flexibility index (Phi) is 4.21. The van der Waals surface area contributed by atoms with Crippen LogP contribution in [0, 0.1) is 13.8 Å². The summed E-state index contributed by atoms with van der Waals surface area (Å²) in [5, 5.41) is 12.8. The summed E-state index contributed by atoms with van der Waals surface area (Å²) in [6.45, 7) is 3.97. The number of benzene rings is 2. The number of carbonyl (C=O) groups is 1. The predicted molar refractivity (Wildman–Crippen MR) is 88.5 cm³/mol. The molecule has 1 heterocycles. The van der Waals surface area contributed by atoms with Gasteiger partial charge in [0.2, 0.25) is 5.82 Å². The normalized spacial score (nSPS) is 10.7. The molecule has 0 unspecified atom stereocenters. The second kappa shape index (κ2) is 6.30. The molecule has 0 saturated carbocycles. The third kappa shape index (κ3) is 3.46. The number of aromatic nitrogens is 4. The largest absolute Gasteiger partial charge is 0.292 e. The minimum Gasteiger partial charge on any atom is -0.292 e. The first kappa shape index (κ1) is 15.4. The summed E-state index contributed by atoms with van der Waals surface area (Å²) in [5.41, 5.74) is 3.52. The van der Waals surface area contributed by atoms with Crippen LogP contribution in [0.3, 0.4) is 0 Å². The molecule has 0 atom stereocenters. The molecule has 23 heavy (non-hydrogen) atoms. The van der Waals surface area contributed by atoms with Crippen molar-refractivity contribution in [2.45, 2.75) is 20.4 Å². The van der Waals surface area contributed by atoms with E-state index >= 15 is 0 Å². The van der Waals surface area contributed by atoms with Crippen molar-refractivity contribution in [3.63, 3.8) is 0 Å². The number of nitrogens with zero attached hydrogens (tertiary/aromatic N) is 4. The molecule has 3 rings (SSSR count). The molecule has 6 heteroatoms. The van der Waals surface area contributed by atoms with Crippen molar-refractivity contribution >= 4 is 17.4 Å². The fraction of sp³-hybridized carbons (Fsp3) is 0.176. The van der Waals surface area contributed by atoms with E-state index in [0.29, 0.717) is 16.4 Å². The quantitative estimate of drug-likeness (QED) is 0.688. The molecule has 5 nitrogen and oxygen atoms in total. The number of aryl methyl sites for hydroxylation is 2. The van der Waals surface area contributed by atoms with Crippen molar-refractivity contribution in [1.29, 1.82) is 0 Å². The average molecular weight is 327 g/mol. The number of hydrogen-bond donors (Lipinski definition) is 0.